The van der Waals surface area contributed by atoms with Crippen LogP contribution in [0.5, 0.6) is 0 Å². The Morgan fingerprint density at radius 1 is 1.61 bits per heavy atom. The van der Waals surface area contributed by atoms with Crippen molar-refractivity contribution < 1.29 is 14.6 Å². The van der Waals surface area contributed by atoms with Crippen LogP contribution in [0.1, 0.15) is 19.8 Å². The van der Waals surface area contributed by atoms with Crippen LogP contribution in [-0.2, 0) is 9.53 Å². The zero-order valence-electron chi connectivity index (χ0n) is 11.1. The highest BCUT2D eigenvalue weighted by Gasteiger charge is 2.16. The van der Waals surface area contributed by atoms with Crippen molar-refractivity contribution in [3.8, 4) is 0 Å². The van der Waals surface area contributed by atoms with Gasteiger partial charge in [0.05, 0.1) is 13.2 Å². The first kappa shape index (κ1) is 15.1. The van der Waals surface area contributed by atoms with E-state index in [0.717, 1.165) is 13.1 Å². The van der Waals surface area contributed by atoms with E-state index in [-0.39, 0.29) is 12.6 Å². The highest BCUT2D eigenvalue weighted by atomic mass is 16.5. The SMILES string of the molecule is CCOC(=O)/C=C/CN(CCO)CC1CCCN1. The van der Waals surface area contributed by atoms with Gasteiger partial charge in [-0.05, 0) is 26.3 Å². The van der Waals surface area contributed by atoms with Gasteiger partial charge >= 0.3 is 5.97 Å². The number of carbonyl (C=O) groups excluding carboxylic acids is 1. The summed E-state index contributed by atoms with van der Waals surface area (Å²) in [6.07, 6.45) is 5.65. The first-order chi connectivity index (χ1) is 8.76. The molecule has 18 heavy (non-hydrogen) atoms. The van der Waals surface area contributed by atoms with Crippen LogP contribution in [0.2, 0.25) is 0 Å². The molecule has 1 aliphatic rings. The molecule has 1 atom stereocenters. The van der Waals surface area contributed by atoms with Crippen molar-refractivity contribution in [3.63, 3.8) is 0 Å². The molecule has 5 nitrogen and oxygen atoms in total. The highest BCUT2D eigenvalue weighted by Crippen LogP contribution is 2.06. The maximum Gasteiger partial charge on any atom is 0.330 e. The van der Waals surface area contributed by atoms with E-state index in [9.17, 15) is 4.79 Å². The van der Waals surface area contributed by atoms with Gasteiger partial charge in [-0.3, -0.25) is 4.90 Å². The van der Waals surface area contributed by atoms with Crippen LogP contribution in [0, 0.1) is 0 Å². The van der Waals surface area contributed by atoms with E-state index >= 15 is 0 Å². The van der Waals surface area contributed by atoms with E-state index in [0.29, 0.717) is 25.7 Å². The summed E-state index contributed by atoms with van der Waals surface area (Å²) in [6.45, 7) is 5.61. The molecule has 1 unspecified atom stereocenters. The summed E-state index contributed by atoms with van der Waals surface area (Å²) in [5, 5.41) is 12.5. The minimum Gasteiger partial charge on any atom is -0.463 e. The Bertz CT molecular complexity index is 263. The summed E-state index contributed by atoms with van der Waals surface area (Å²) in [7, 11) is 0. The Balaban J connectivity index is 2.29. The van der Waals surface area contributed by atoms with Crippen molar-refractivity contribution in [2.45, 2.75) is 25.8 Å². The van der Waals surface area contributed by atoms with Gasteiger partial charge in [0.15, 0.2) is 0 Å². The molecular formula is C13H24N2O3. The predicted octanol–water partition coefficient (Wildman–Crippen LogP) is 0.152. The number of aliphatic hydroxyl groups is 1. The number of aliphatic hydroxyl groups excluding tert-OH is 1. The maximum absolute atomic E-state index is 11.1. The molecule has 1 saturated heterocycles. The van der Waals surface area contributed by atoms with Crippen molar-refractivity contribution in [2.24, 2.45) is 0 Å². The molecule has 1 aliphatic heterocycles. The largest absolute Gasteiger partial charge is 0.463 e. The second kappa shape index (κ2) is 9.08. The van der Waals surface area contributed by atoms with Crippen molar-refractivity contribution in [1.29, 1.82) is 0 Å². The molecule has 104 valence electrons. The van der Waals surface area contributed by atoms with E-state index < -0.39 is 0 Å². The molecule has 1 rings (SSSR count). The van der Waals surface area contributed by atoms with Crippen LogP contribution in [0.25, 0.3) is 0 Å². The standard InChI is InChI=1S/C13H24N2O3/c1-2-18-13(17)6-4-8-15(9-10-16)11-12-5-3-7-14-12/h4,6,12,14,16H,2-3,5,7-11H2,1H3/b6-4+. The lowest BCUT2D eigenvalue weighted by Crippen LogP contribution is -2.39. The van der Waals surface area contributed by atoms with E-state index in [1.807, 2.05) is 0 Å². The Kier molecular flexibility index (Phi) is 7.64. The third-order valence-corrected chi connectivity index (χ3v) is 2.96. The highest BCUT2D eigenvalue weighted by molar-refractivity contribution is 5.81. The van der Waals surface area contributed by atoms with Crippen LogP contribution >= 0.6 is 0 Å². The number of ether oxygens (including phenoxy) is 1. The van der Waals surface area contributed by atoms with Gasteiger partial charge < -0.3 is 15.2 Å². The third-order valence-electron chi connectivity index (χ3n) is 2.96. The molecule has 0 spiro atoms. The minimum atomic E-state index is -0.305. The maximum atomic E-state index is 11.1. The van der Waals surface area contributed by atoms with Gasteiger partial charge in [0.25, 0.3) is 0 Å². The Morgan fingerprint density at radius 2 is 2.44 bits per heavy atom. The number of hydrogen-bond donors (Lipinski definition) is 2. The third kappa shape index (κ3) is 6.14. The van der Waals surface area contributed by atoms with Crippen molar-refractivity contribution in [2.75, 3.05) is 39.4 Å². The van der Waals surface area contributed by atoms with Crippen molar-refractivity contribution in [1.82, 2.24) is 10.2 Å². The van der Waals surface area contributed by atoms with Gasteiger partial charge in [0, 0.05) is 31.8 Å². The molecule has 0 saturated carbocycles. The number of carbonyl (C=O) groups is 1. The fraction of sp³-hybridized carbons (Fsp3) is 0.769. The number of hydrogen-bond acceptors (Lipinski definition) is 5. The van der Waals surface area contributed by atoms with Gasteiger partial charge in [-0.25, -0.2) is 4.79 Å². The number of nitrogens with one attached hydrogen (secondary N) is 1. The molecule has 0 aromatic rings. The molecule has 0 bridgehead atoms. The summed E-state index contributed by atoms with van der Waals surface area (Å²) in [5.41, 5.74) is 0. The predicted molar refractivity (Wildman–Crippen MR) is 70.3 cm³/mol. The zero-order valence-corrected chi connectivity index (χ0v) is 11.1. The monoisotopic (exact) mass is 256 g/mol. The van der Waals surface area contributed by atoms with Crippen molar-refractivity contribution in [3.05, 3.63) is 12.2 Å². The smallest absolute Gasteiger partial charge is 0.330 e. The fourth-order valence-electron chi connectivity index (χ4n) is 2.11. The number of rotatable bonds is 8. The molecular weight excluding hydrogens is 232 g/mol. The Hall–Kier alpha value is -0.910. The number of nitrogens with zero attached hydrogens (tertiary/aromatic N) is 1. The lowest BCUT2D eigenvalue weighted by Gasteiger charge is -2.23. The zero-order chi connectivity index (χ0) is 13.2. The van der Waals surface area contributed by atoms with E-state index in [2.05, 4.69) is 10.2 Å². The van der Waals surface area contributed by atoms with Crippen LogP contribution in [0.4, 0.5) is 0 Å². The first-order valence-electron chi connectivity index (χ1n) is 6.66. The molecule has 5 heteroatoms. The molecule has 1 fully saturated rings. The van der Waals surface area contributed by atoms with Gasteiger partial charge in [-0.1, -0.05) is 6.08 Å². The number of esters is 1. The summed E-state index contributed by atoms with van der Waals surface area (Å²) < 4.78 is 4.81. The molecule has 0 radical (unpaired) electrons. The van der Waals surface area contributed by atoms with Crippen LogP contribution in [-0.4, -0.2) is 61.4 Å². The molecule has 0 aromatic heterocycles. The van der Waals surface area contributed by atoms with E-state index in [1.54, 1.807) is 13.0 Å². The lowest BCUT2D eigenvalue weighted by molar-refractivity contribution is -0.137. The normalized spacial score (nSPS) is 19.8. The minimum absolute atomic E-state index is 0.139. The summed E-state index contributed by atoms with van der Waals surface area (Å²) in [5.74, 6) is -0.305. The average Bonchev–Trinajstić information content (AvgIpc) is 2.82. The van der Waals surface area contributed by atoms with Gasteiger partial charge in [0.1, 0.15) is 0 Å². The second-order valence-electron chi connectivity index (χ2n) is 4.43. The molecule has 1 heterocycles. The van der Waals surface area contributed by atoms with Crippen LogP contribution in [0.3, 0.4) is 0 Å². The summed E-state index contributed by atoms with van der Waals surface area (Å²) >= 11 is 0. The fourth-order valence-corrected chi connectivity index (χ4v) is 2.11. The first-order valence-corrected chi connectivity index (χ1v) is 6.66. The Labute approximate surface area is 109 Å². The van der Waals surface area contributed by atoms with Gasteiger partial charge in [-0.15, -0.1) is 0 Å². The summed E-state index contributed by atoms with van der Waals surface area (Å²) in [6, 6.07) is 0.507. The molecule has 2 N–H and O–H groups in total. The Morgan fingerprint density at radius 3 is 3.06 bits per heavy atom. The lowest BCUT2D eigenvalue weighted by atomic mass is 10.2. The quantitative estimate of drug-likeness (QED) is 0.478. The molecule has 0 aliphatic carbocycles. The average molecular weight is 256 g/mol. The molecule has 0 aromatic carbocycles. The van der Waals surface area contributed by atoms with Crippen molar-refractivity contribution >= 4 is 5.97 Å². The second-order valence-corrected chi connectivity index (χ2v) is 4.43. The van der Waals surface area contributed by atoms with Crippen LogP contribution in [0.15, 0.2) is 12.2 Å². The van der Waals surface area contributed by atoms with Gasteiger partial charge in [-0.2, -0.15) is 0 Å². The molecule has 0 amide bonds. The van der Waals surface area contributed by atoms with Crippen LogP contribution < -0.4 is 5.32 Å². The summed E-state index contributed by atoms with van der Waals surface area (Å²) in [4.78, 5) is 13.3. The van der Waals surface area contributed by atoms with E-state index in [4.69, 9.17) is 9.84 Å². The van der Waals surface area contributed by atoms with E-state index in [1.165, 1.54) is 18.9 Å². The topological polar surface area (TPSA) is 61.8 Å². The van der Waals surface area contributed by atoms with Gasteiger partial charge in [0.2, 0.25) is 0 Å².